The highest BCUT2D eigenvalue weighted by Crippen LogP contribution is 2.41. The minimum atomic E-state index is -0.0790. The molecule has 1 amide bonds. The second-order valence-electron chi connectivity index (χ2n) is 7.95. The Hall–Kier alpha value is -3.43. The van der Waals surface area contributed by atoms with Gasteiger partial charge in [-0.2, -0.15) is 0 Å². The molecule has 1 saturated carbocycles. The zero-order chi connectivity index (χ0) is 20.3. The first-order valence-corrected chi connectivity index (χ1v) is 10.4. The molecule has 1 fully saturated rings. The van der Waals surface area contributed by atoms with Crippen molar-refractivity contribution in [1.82, 2.24) is 5.32 Å². The average molecular weight is 393 g/mol. The van der Waals surface area contributed by atoms with Gasteiger partial charge in [0.2, 0.25) is 0 Å². The number of carbonyl (C=O) groups is 1. The van der Waals surface area contributed by atoms with Gasteiger partial charge in [-0.1, -0.05) is 66.7 Å². The van der Waals surface area contributed by atoms with Gasteiger partial charge in [0.25, 0.3) is 5.91 Å². The molecule has 3 nitrogen and oxygen atoms in total. The number of nitrogens with one attached hydrogen (secondary N) is 2. The summed E-state index contributed by atoms with van der Waals surface area (Å²) in [5.74, 6) is 0.467. The van der Waals surface area contributed by atoms with E-state index in [0.29, 0.717) is 17.5 Å². The number of hydrogen-bond acceptors (Lipinski definition) is 2. The third kappa shape index (κ3) is 4.12. The van der Waals surface area contributed by atoms with E-state index >= 15 is 0 Å². The Morgan fingerprint density at radius 1 is 0.800 bits per heavy atom. The lowest BCUT2D eigenvalue weighted by atomic mass is 10.1. The fourth-order valence-electron chi connectivity index (χ4n) is 3.99. The molecule has 4 aromatic carbocycles. The first-order valence-electron chi connectivity index (χ1n) is 10.4. The van der Waals surface area contributed by atoms with Gasteiger partial charge in [0.1, 0.15) is 0 Å². The number of rotatable bonds is 6. The number of carbonyl (C=O) groups excluding carboxylic acids is 1. The van der Waals surface area contributed by atoms with E-state index in [1.54, 1.807) is 0 Å². The van der Waals surface area contributed by atoms with Gasteiger partial charge in [0.15, 0.2) is 0 Å². The molecule has 1 aliphatic carbocycles. The topological polar surface area (TPSA) is 41.1 Å². The number of benzene rings is 4. The van der Waals surface area contributed by atoms with Crippen LogP contribution in [0.25, 0.3) is 10.8 Å². The summed E-state index contributed by atoms with van der Waals surface area (Å²) in [5.41, 5.74) is 4.14. The average Bonchev–Trinajstić information content (AvgIpc) is 3.58. The van der Waals surface area contributed by atoms with Crippen molar-refractivity contribution < 1.29 is 4.79 Å². The third-order valence-electron chi connectivity index (χ3n) is 5.81. The number of hydrogen-bond donors (Lipinski definition) is 2. The fraction of sp³-hybridized carbons (Fsp3) is 0.148. The Balaban J connectivity index is 1.16. The third-order valence-corrected chi connectivity index (χ3v) is 5.81. The van der Waals surface area contributed by atoms with Crippen molar-refractivity contribution in [3.8, 4) is 0 Å². The summed E-state index contributed by atoms with van der Waals surface area (Å²) >= 11 is 0. The van der Waals surface area contributed by atoms with E-state index in [9.17, 15) is 4.79 Å². The highest BCUT2D eigenvalue weighted by atomic mass is 16.1. The van der Waals surface area contributed by atoms with Gasteiger partial charge >= 0.3 is 0 Å². The summed E-state index contributed by atoms with van der Waals surface area (Å²) in [5, 5.41) is 9.22. The van der Waals surface area contributed by atoms with Crippen LogP contribution in [-0.4, -0.2) is 11.9 Å². The molecule has 4 aromatic rings. The maximum absolute atomic E-state index is 12.3. The summed E-state index contributed by atoms with van der Waals surface area (Å²) in [4.78, 5) is 12.3. The van der Waals surface area contributed by atoms with Crippen molar-refractivity contribution in [2.75, 3.05) is 5.32 Å². The first kappa shape index (κ1) is 18.6. The molecule has 0 radical (unpaired) electrons. The lowest BCUT2D eigenvalue weighted by Gasteiger charge is -2.08. The van der Waals surface area contributed by atoms with Crippen molar-refractivity contribution >= 4 is 22.4 Å². The molecule has 0 aliphatic heterocycles. The maximum Gasteiger partial charge on any atom is 0.255 e. The Kier molecular flexibility index (Phi) is 5.04. The van der Waals surface area contributed by atoms with E-state index in [1.165, 1.54) is 21.9 Å². The normalized spacial score (nSPS) is 17.6. The summed E-state index contributed by atoms with van der Waals surface area (Å²) in [6.07, 6.45) is 1.16. The van der Waals surface area contributed by atoms with Crippen molar-refractivity contribution in [2.45, 2.75) is 24.9 Å². The quantitative estimate of drug-likeness (QED) is 0.439. The van der Waals surface area contributed by atoms with Gasteiger partial charge < -0.3 is 10.6 Å². The summed E-state index contributed by atoms with van der Waals surface area (Å²) in [7, 11) is 0. The minimum absolute atomic E-state index is 0.0790. The molecule has 0 spiro atoms. The van der Waals surface area contributed by atoms with Crippen molar-refractivity contribution in [3.05, 3.63) is 114 Å². The molecule has 148 valence electrons. The molecule has 2 N–H and O–H groups in total. The van der Waals surface area contributed by atoms with Gasteiger partial charge in [-0.3, -0.25) is 4.79 Å². The van der Waals surface area contributed by atoms with Crippen LogP contribution in [0.5, 0.6) is 0 Å². The summed E-state index contributed by atoms with van der Waals surface area (Å²) in [6.45, 7) is 0.886. The van der Waals surface area contributed by atoms with Crippen LogP contribution in [0.2, 0.25) is 0 Å². The molecule has 0 saturated heterocycles. The Bertz CT molecular complexity index is 1170. The van der Waals surface area contributed by atoms with Gasteiger partial charge in [0, 0.05) is 29.8 Å². The van der Waals surface area contributed by atoms with E-state index < -0.39 is 0 Å². The van der Waals surface area contributed by atoms with E-state index in [1.807, 2.05) is 42.5 Å². The molecule has 0 bridgehead atoms. The molecule has 2 atom stereocenters. The maximum atomic E-state index is 12.3. The lowest BCUT2D eigenvalue weighted by Crippen LogP contribution is -2.17. The molecule has 0 aromatic heterocycles. The molecule has 5 rings (SSSR count). The van der Waals surface area contributed by atoms with Crippen molar-refractivity contribution in [2.24, 2.45) is 0 Å². The predicted molar refractivity (Wildman–Crippen MR) is 123 cm³/mol. The fourth-order valence-corrected chi connectivity index (χ4v) is 3.99. The summed E-state index contributed by atoms with van der Waals surface area (Å²) < 4.78 is 0. The van der Waals surface area contributed by atoms with E-state index in [2.05, 4.69) is 65.2 Å². The van der Waals surface area contributed by atoms with Crippen LogP contribution in [-0.2, 0) is 6.54 Å². The van der Waals surface area contributed by atoms with Crippen LogP contribution in [0.4, 0.5) is 5.69 Å². The summed E-state index contributed by atoms with van der Waals surface area (Å²) in [6, 6.07) is 33.2. The highest BCUT2D eigenvalue weighted by molar-refractivity contribution is 6.04. The second-order valence-corrected chi connectivity index (χ2v) is 7.95. The standard InChI is InChI=1S/C27H24N2O/c30-27(22-7-2-1-3-8-22)29-24-14-12-21(13-15-24)25-17-26(25)28-18-19-10-11-20-6-4-5-9-23(20)16-19/h1-16,25-26,28H,17-18H2,(H,29,30)/t25-,26+/m0/s1. The van der Waals surface area contributed by atoms with E-state index in [-0.39, 0.29) is 5.91 Å². The number of anilines is 1. The zero-order valence-electron chi connectivity index (χ0n) is 16.7. The monoisotopic (exact) mass is 392 g/mol. The van der Waals surface area contributed by atoms with Gasteiger partial charge in [-0.15, -0.1) is 0 Å². The van der Waals surface area contributed by atoms with Gasteiger partial charge in [-0.25, -0.2) is 0 Å². The Morgan fingerprint density at radius 3 is 2.33 bits per heavy atom. The molecule has 0 unspecified atom stereocenters. The van der Waals surface area contributed by atoms with Crippen molar-refractivity contribution in [1.29, 1.82) is 0 Å². The first-order chi connectivity index (χ1) is 14.8. The van der Waals surface area contributed by atoms with Crippen LogP contribution in [0.1, 0.15) is 33.8 Å². The molecular formula is C27H24N2O. The van der Waals surface area contributed by atoms with Crippen LogP contribution in [0.3, 0.4) is 0 Å². The Morgan fingerprint density at radius 2 is 1.53 bits per heavy atom. The predicted octanol–water partition coefficient (Wildman–Crippen LogP) is 5.74. The van der Waals surface area contributed by atoms with E-state index in [0.717, 1.165) is 18.7 Å². The molecule has 30 heavy (non-hydrogen) atoms. The molecular weight excluding hydrogens is 368 g/mol. The Labute approximate surface area is 176 Å². The van der Waals surface area contributed by atoms with Crippen LogP contribution < -0.4 is 10.6 Å². The van der Waals surface area contributed by atoms with Crippen LogP contribution in [0.15, 0.2) is 97.1 Å². The van der Waals surface area contributed by atoms with E-state index in [4.69, 9.17) is 0 Å². The highest BCUT2D eigenvalue weighted by Gasteiger charge is 2.37. The van der Waals surface area contributed by atoms with Crippen molar-refractivity contribution in [3.63, 3.8) is 0 Å². The molecule has 0 heterocycles. The van der Waals surface area contributed by atoms with Crippen LogP contribution in [0, 0.1) is 0 Å². The SMILES string of the molecule is O=C(Nc1ccc([C@@H]2C[C@H]2NCc2ccc3ccccc3c2)cc1)c1ccccc1. The zero-order valence-corrected chi connectivity index (χ0v) is 16.7. The second kappa shape index (κ2) is 8.13. The van der Waals surface area contributed by atoms with Gasteiger partial charge in [0.05, 0.1) is 0 Å². The number of fused-ring (bicyclic) bond motifs is 1. The van der Waals surface area contributed by atoms with Gasteiger partial charge in [-0.05, 0) is 58.7 Å². The largest absolute Gasteiger partial charge is 0.322 e. The minimum Gasteiger partial charge on any atom is -0.322 e. The molecule has 3 heteroatoms. The lowest BCUT2D eigenvalue weighted by molar-refractivity contribution is 0.102. The number of amides is 1. The smallest absolute Gasteiger partial charge is 0.255 e. The molecule has 1 aliphatic rings. The van der Waals surface area contributed by atoms with Crippen LogP contribution >= 0.6 is 0 Å².